The number of aromatic nitrogens is 1. The molecule has 0 amide bonds. The number of halogens is 2. The van der Waals surface area contributed by atoms with Crippen LogP contribution in [0.25, 0.3) is 11.1 Å². The van der Waals surface area contributed by atoms with Gasteiger partial charge in [0.25, 0.3) is 0 Å². The van der Waals surface area contributed by atoms with E-state index in [1.54, 1.807) is 15.9 Å². The first-order chi connectivity index (χ1) is 10.1. The SMILES string of the molecule is CCCn1c(=O)oc2cc(C(Br)c3sccc3Cl)ccc21. The molecule has 1 aromatic carbocycles. The van der Waals surface area contributed by atoms with E-state index in [2.05, 4.69) is 15.9 Å². The first kappa shape index (κ1) is 14.9. The van der Waals surface area contributed by atoms with Gasteiger partial charge in [-0.2, -0.15) is 0 Å². The normalized spacial score (nSPS) is 12.9. The molecule has 0 aliphatic rings. The maximum atomic E-state index is 11.9. The molecule has 1 unspecified atom stereocenters. The predicted octanol–water partition coefficient (Wildman–Crippen LogP) is 5.20. The average Bonchev–Trinajstić information content (AvgIpc) is 3.02. The number of alkyl halides is 1. The molecule has 110 valence electrons. The summed E-state index contributed by atoms with van der Waals surface area (Å²) in [5.74, 6) is -0.302. The highest BCUT2D eigenvalue weighted by molar-refractivity contribution is 9.09. The summed E-state index contributed by atoms with van der Waals surface area (Å²) in [6.45, 7) is 2.70. The minimum atomic E-state index is -0.302. The van der Waals surface area contributed by atoms with Gasteiger partial charge in [-0.15, -0.1) is 11.3 Å². The van der Waals surface area contributed by atoms with E-state index in [1.807, 2.05) is 36.6 Å². The summed E-state index contributed by atoms with van der Waals surface area (Å²) >= 11 is 11.4. The topological polar surface area (TPSA) is 35.1 Å². The Bertz CT molecular complexity index is 836. The second-order valence-electron chi connectivity index (χ2n) is 4.74. The third-order valence-electron chi connectivity index (χ3n) is 3.31. The number of aryl methyl sites for hydroxylation is 1. The summed E-state index contributed by atoms with van der Waals surface area (Å²) in [6, 6.07) is 7.71. The molecule has 6 heteroatoms. The van der Waals surface area contributed by atoms with Crippen LogP contribution in [-0.2, 0) is 6.54 Å². The fourth-order valence-corrected chi connectivity index (χ4v) is 4.47. The number of benzene rings is 1. The molecule has 3 rings (SSSR count). The van der Waals surface area contributed by atoms with Gasteiger partial charge in [0.05, 0.1) is 15.4 Å². The van der Waals surface area contributed by atoms with E-state index >= 15 is 0 Å². The first-order valence-electron chi connectivity index (χ1n) is 6.62. The predicted molar refractivity (Wildman–Crippen MR) is 90.9 cm³/mol. The summed E-state index contributed by atoms with van der Waals surface area (Å²) in [5.41, 5.74) is 2.47. The number of hydrogen-bond donors (Lipinski definition) is 0. The van der Waals surface area contributed by atoms with E-state index in [0.717, 1.165) is 27.4 Å². The van der Waals surface area contributed by atoms with Crippen LogP contribution in [-0.4, -0.2) is 4.57 Å². The Kier molecular flexibility index (Phi) is 4.24. The van der Waals surface area contributed by atoms with Crippen molar-refractivity contribution >= 4 is 50.0 Å². The highest BCUT2D eigenvalue weighted by Gasteiger charge is 2.17. The molecular weight excluding hydrogens is 374 g/mol. The molecule has 0 saturated heterocycles. The molecule has 21 heavy (non-hydrogen) atoms. The summed E-state index contributed by atoms with van der Waals surface area (Å²) in [7, 11) is 0. The second-order valence-corrected chi connectivity index (χ2v) is 7.01. The maximum absolute atomic E-state index is 11.9. The van der Waals surface area contributed by atoms with Gasteiger partial charge in [0.15, 0.2) is 5.58 Å². The fraction of sp³-hybridized carbons (Fsp3) is 0.267. The van der Waals surface area contributed by atoms with Gasteiger partial charge >= 0.3 is 5.76 Å². The van der Waals surface area contributed by atoms with Gasteiger partial charge in [0, 0.05) is 11.4 Å². The Balaban J connectivity index is 2.06. The molecule has 3 nitrogen and oxygen atoms in total. The number of fused-ring (bicyclic) bond motifs is 1. The van der Waals surface area contributed by atoms with Crippen molar-refractivity contribution < 1.29 is 4.42 Å². The zero-order chi connectivity index (χ0) is 15.0. The minimum absolute atomic E-state index is 0.00535. The lowest BCUT2D eigenvalue weighted by atomic mass is 10.1. The first-order valence-corrected chi connectivity index (χ1v) is 8.79. The van der Waals surface area contributed by atoms with Crippen molar-refractivity contribution in [1.82, 2.24) is 4.57 Å². The lowest BCUT2D eigenvalue weighted by Crippen LogP contribution is -2.13. The number of nitrogens with zero attached hydrogens (tertiary/aromatic N) is 1. The van der Waals surface area contributed by atoms with Crippen LogP contribution in [0.5, 0.6) is 0 Å². The van der Waals surface area contributed by atoms with Crippen molar-refractivity contribution in [2.45, 2.75) is 24.7 Å². The number of hydrogen-bond acceptors (Lipinski definition) is 3. The highest BCUT2D eigenvalue weighted by atomic mass is 79.9. The standard InChI is InChI=1S/C15H13BrClNO2S/c1-2-6-18-11-4-3-9(8-12(11)20-15(18)19)13(16)14-10(17)5-7-21-14/h3-5,7-8,13H,2,6H2,1H3. The zero-order valence-corrected chi connectivity index (χ0v) is 14.5. The van der Waals surface area contributed by atoms with Crippen molar-refractivity contribution in [2.24, 2.45) is 0 Å². The molecule has 1 atom stereocenters. The Hall–Kier alpha value is -1.04. The van der Waals surface area contributed by atoms with Gasteiger partial charge in [-0.05, 0) is 35.6 Å². The number of oxazole rings is 1. The summed E-state index contributed by atoms with van der Waals surface area (Å²) in [5, 5.41) is 2.70. The zero-order valence-electron chi connectivity index (χ0n) is 11.3. The van der Waals surface area contributed by atoms with Crippen LogP contribution in [0.2, 0.25) is 5.02 Å². The van der Waals surface area contributed by atoms with E-state index in [4.69, 9.17) is 16.0 Å². The summed E-state index contributed by atoms with van der Waals surface area (Å²) in [4.78, 5) is 12.9. The Labute approximate surface area is 139 Å². The molecule has 0 N–H and O–H groups in total. The second kappa shape index (κ2) is 5.99. The van der Waals surface area contributed by atoms with E-state index in [9.17, 15) is 4.79 Å². The summed E-state index contributed by atoms with van der Waals surface area (Å²) < 4.78 is 7.01. The third kappa shape index (κ3) is 2.70. The number of rotatable bonds is 4. The lowest BCUT2D eigenvalue weighted by Gasteiger charge is -2.09. The molecule has 0 radical (unpaired) electrons. The Morgan fingerprint density at radius 3 is 2.90 bits per heavy atom. The van der Waals surface area contributed by atoms with E-state index in [1.165, 1.54) is 0 Å². The molecule has 2 aromatic heterocycles. The quantitative estimate of drug-likeness (QED) is 0.577. The van der Waals surface area contributed by atoms with Crippen LogP contribution in [0, 0.1) is 0 Å². The van der Waals surface area contributed by atoms with Gasteiger partial charge in [-0.25, -0.2) is 4.79 Å². The highest BCUT2D eigenvalue weighted by Crippen LogP contribution is 2.39. The van der Waals surface area contributed by atoms with Crippen molar-refractivity contribution in [1.29, 1.82) is 0 Å². The molecule has 0 aliphatic heterocycles. The van der Waals surface area contributed by atoms with Gasteiger partial charge < -0.3 is 4.42 Å². The fourth-order valence-electron chi connectivity index (χ4n) is 2.31. The lowest BCUT2D eigenvalue weighted by molar-refractivity contribution is 0.502. The van der Waals surface area contributed by atoms with Crippen LogP contribution in [0.15, 0.2) is 38.9 Å². The smallest absolute Gasteiger partial charge is 0.408 e. The van der Waals surface area contributed by atoms with Crippen molar-refractivity contribution in [3.05, 3.63) is 55.7 Å². The van der Waals surface area contributed by atoms with E-state index in [0.29, 0.717) is 12.1 Å². The van der Waals surface area contributed by atoms with Crippen molar-refractivity contribution in [3.8, 4) is 0 Å². The van der Waals surface area contributed by atoms with Crippen molar-refractivity contribution in [2.75, 3.05) is 0 Å². The molecule has 3 aromatic rings. The summed E-state index contributed by atoms with van der Waals surface area (Å²) in [6.07, 6.45) is 0.891. The van der Waals surface area contributed by atoms with Crippen LogP contribution in [0.3, 0.4) is 0 Å². The molecule has 0 fully saturated rings. The van der Waals surface area contributed by atoms with Crippen LogP contribution in [0.1, 0.15) is 28.6 Å². The Morgan fingerprint density at radius 2 is 2.24 bits per heavy atom. The van der Waals surface area contributed by atoms with E-state index in [-0.39, 0.29) is 10.6 Å². The van der Waals surface area contributed by atoms with Crippen molar-refractivity contribution in [3.63, 3.8) is 0 Å². The van der Waals surface area contributed by atoms with Gasteiger partial charge in [-0.1, -0.05) is 40.5 Å². The largest absolute Gasteiger partial charge is 0.419 e. The average molecular weight is 387 g/mol. The van der Waals surface area contributed by atoms with Gasteiger partial charge in [0.2, 0.25) is 0 Å². The number of thiophene rings is 1. The van der Waals surface area contributed by atoms with Crippen LogP contribution >= 0.6 is 38.9 Å². The molecule has 0 aliphatic carbocycles. The molecule has 0 saturated carbocycles. The van der Waals surface area contributed by atoms with Crippen LogP contribution < -0.4 is 5.76 Å². The molecule has 0 spiro atoms. The monoisotopic (exact) mass is 385 g/mol. The molecule has 2 heterocycles. The van der Waals surface area contributed by atoms with Crippen LogP contribution in [0.4, 0.5) is 0 Å². The minimum Gasteiger partial charge on any atom is -0.408 e. The van der Waals surface area contributed by atoms with E-state index < -0.39 is 0 Å². The van der Waals surface area contributed by atoms with Gasteiger partial charge in [-0.3, -0.25) is 4.57 Å². The molecular formula is C15H13BrClNO2S. The molecule has 0 bridgehead atoms. The Morgan fingerprint density at radius 1 is 1.43 bits per heavy atom. The third-order valence-corrected chi connectivity index (χ3v) is 6.02. The maximum Gasteiger partial charge on any atom is 0.419 e. The van der Waals surface area contributed by atoms with Gasteiger partial charge in [0.1, 0.15) is 0 Å².